The van der Waals surface area contributed by atoms with Gasteiger partial charge in [0.25, 0.3) is 0 Å². The summed E-state index contributed by atoms with van der Waals surface area (Å²) in [6.07, 6.45) is -4.22. The van der Waals surface area contributed by atoms with E-state index in [0.717, 1.165) is 12.1 Å². The van der Waals surface area contributed by atoms with E-state index in [-0.39, 0.29) is 23.7 Å². The third-order valence-electron chi connectivity index (χ3n) is 2.56. The molecule has 19 heavy (non-hydrogen) atoms. The Balaban J connectivity index is 1.90. The smallest absolute Gasteiger partial charge is 0.416 e. The van der Waals surface area contributed by atoms with Gasteiger partial charge in [0, 0.05) is 6.42 Å². The van der Waals surface area contributed by atoms with Crippen molar-refractivity contribution in [1.82, 2.24) is 0 Å². The molecule has 0 N–H and O–H groups in total. The zero-order chi connectivity index (χ0) is 13.9. The summed E-state index contributed by atoms with van der Waals surface area (Å²) in [4.78, 5) is 0. The van der Waals surface area contributed by atoms with Gasteiger partial charge in [-0.1, -0.05) is 11.6 Å². The Kier molecular flexibility index (Phi) is 4.54. The lowest BCUT2D eigenvalue weighted by Crippen LogP contribution is -2.13. The Bertz CT molecular complexity index is 431. The van der Waals surface area contributed by atoms with E-state index in [9.17, 15) is 13.2 Å². The Morgan fingerprint density at radius 3 is 2.53 bits per heavy atom. The van der Waals surface area contributed by atoms with Crippen LogP contribution in [0.15, 0.2) is 18.2 Å². The minimum atomic E-state index is -4.41. The highest BCUT2D eigenvalue weighted by Crippen LogP contribution is 2.34. The second-order valence-corrected chi connectivity index (χ2v) is 4.36. The monoisotopic (exact) mass is 296 g/mol. The zero-order valence-electron chi connectivity index (χ0n) is 9.87. The first-order valence-corrected chi connectivity index (χ1v) is 6.07. The lowest BCUT2D eigenvalue weighted by Gasteiger charge is -2.13. The molecule has 2 rings (SSSR count). The van der Waals surface area contributed by atoms with Crippen LogP contribution < -0.4 is 4.74 Å². The van der Waals surface area contributed by atoms with Gasteiger partial charge in [-0.2, -0.15) is 13.2 Å². The van der Waals surface area contributed by atoms with Gasteiger partial charge >= 0.3 is 6.18 Å². The van der Waals surface area contributed by atoms with Gasteiger partial charge in [-0.05, 0) is 18.2 Å². The Labute approximate surface area is 113 Å². The fourth-order valence-corrected chi connectivity index (χ4v) is 1.87. The number of hydrogen-bond donors (Lipinski definition) is 0. The van der Waals surface area contributed by atoms with Crippen LogP contribution in [0.4, 0.5) is 13.2 Å². The maximum Gasteiger partial charge on any atom is 0.416 e. The first kappa shape index (κ1) is 14.4. The maximum absolute atomic E-state index is 12.4. The molecule has 1 aromatic carbocycles. The van der Waals surface area contributed by atoms with Crippen LogP contribution in [0.3, 0.4) is 0 Å². The molecular formula is C12H12ClF3O3. The molecular weight excluding hydrogens is 285 g/mol. The van der Waals surface area contributed by atoms with E-state index >= 15 is 0 Å². The number of rotatable bonds is 4. The predicted molar refractivity (Wildman–Crippen MR) is 62.3 cm³/mol. The number of benzene rings is 1. The summed E-state index contributed by atoms with van der Waals surface area (Å²) >= 11 is 5.74. The third kappa shape index (κ3) is 3.99. The highest BCUT2D eigenvalue weighted by Gasteiger charge is 2.31. The van der Waals surface area contributed by atoms with Crippen LogP contribution in [0.2, 0.25) is 5.02 Å². The molecule has 106 valence electrons. The maximum atomic E-state index is 12.4. The van der Waals surface area contributed by atoms with Crippen molar-refractivity contribution >= 4 is 11.6 Å². The summed E-state index contributed by atoms with van der Waals surface area (Å²) in [6.45, 7) is 1.35. The van der Waals surface area contributed by atoms with Crippen LogP contribution in [0, 0.1) is 0 Å². The second kappa shape index (κ2) is 5.98. The Morgan fingerprint density at radius 1 is 1.26 bits per heavy atom. The average Bonchev–Trinajstić information content (AvgIpc) is 2.83. The lowest BCUT2D eigenvalue weighted by atomic mass is 10.2. The molecule has 1 heterocycles. The quantitative estimate of drug-likeness (QED) is 0.851. The van der Waals surface area contributed by atoms with Crippen molar-refractivity contribution in [3.8, 4) is 5.75 Å². The number of hydrogen-bond acceptors (Lipinski definition) is 3. The van der Waals surface area contributed by atoms with Gasteiger partial charge in [0.2, 0.25) is 0 Å². The SMILES string of the molecule is FC(F)(F)c1ccc(OCCC2OCCO2)c(Cl)c1. The number of alkyl halides is 3. The molecule has 0 amide bonds. The normalized spacial score (nSPS) is 16.8. The molecule has 1 saturated heterocycles. The molecule has 3 nitrogen and oxygen atoms in total. The minimum Gasteiger partial charge on any atom is -0.492 e. The highest BCUT2D eigenvalue weighted by atomic mass is 35.5. The van der Waals surface area contributed by atoms with Crippen molar-refractivity contribution in [2.24, 2.45) is 0 Å². The van der Waals surface area contributed by atoms with Crippen molar-refractivity contribution in [3.63, 3.8) is 0 Å². The minimum absolute atomic E-state index is 0.0666. The fraction of sp³-hybridized carbons (Fsp3) is 0.500. The number of ether oxygens (including phenoxy) is 3. The molecule has 0 saturated carbocycles. The van der Waals surface area contributed by atoms with E-state index in [0.29, 0.717) is 19.6 Å². The second-order valence-electron chi connectivity index (χ2n) is 3.95. The summed E-state index contributed by atoms with van der Waals surface area (Å²) in [7, 11) is 0. The first-order valence-electron chi connectivity index (χ1n) is 5.69. The zero-order valence-corrected chi connectivity index (χ0v) is 10.6. The summed E-state index contributed by atoms with van der Waals surface area (Å²) in [5.41, 5.74) is -0.799. The van der Waals surface area contributed by atoms with E-state index in [4.69, 9.17) is 25.8 Å². The van der Waals surface area contributed by atoms with Gasteiger partial charge in [0.05, 0.1) is 30.4 Å². The van der Waals surface area contributed by atoms with Gasteiger partial charge < -0.3 is 14.2 Å². The standard InChI is InChI=1S/C12H12ClF3O3/c13-9-7-8(12(14,15)16)1-2-10(9)17-4-3-11-18-5-6-19-11/h1-2,7,11H,3-6H2. The van der Waals surface area contributed by atoms with Gasteiger partial charge in [-0.15, -0.1) is 0 Å². The average molecular weight is 297 g/mol. The van der Waals surface area contributed by atoms with Crippen molar-refractivity contribution in [1.29, 1.82) is 0 Å². The largest absolute Gasteiger partial charge is 0.492 e. The summed E-state index contributed by atoms with van der Waals surface area (Å²) in [5.74, 6) is 0.215. The number of halogens is 4. The van der Waals surface area contributed by atoms with Gasteiger partial charge in [-0.3, -0.25) is 0 Å². The third-order valence-corrected chi connectivity index (χ3v) is 2.86. The van der Waals surface area contributed by atoms with Gasteiger partial charge in [-0.25, -0.2) is 0 Å². The van der Waals surface area contributed by atoms with Crippen LogP contribution in [0.25, 0.3) is 0 Å². The molecule has 0 unspecified atom stereocenters. The molecule has 0 aliphatic carbocycles. The molecule has 0 aromatic heterocycles. The topological polar surface area (TPSA) is 27.7 Å². The van der Waals surface area contributed by atoms with Crippen LogP contribution in [-0.2, 0) is 15.7 Å². The molecule has 0 bridgehead atoms. The van der Waals surface area contributed by atoms with Crippen molar-refractivity contribution in [3.05, 3.63) is 28.8 Å². The van der Waals surface area contributed by atoms with E-state index in [1.54, 1.807) is 0 Å². The molecule has 0 atom stereocenters. The molecule has 1 aromatic rings. The van der Waals surface area contributed by atoms with Crippen molar-refractivity contribution in [2.45, 2.75) is 18.9 Å². The lowest BCUT2D eigenvalue weighted by molar-refractivity contribution is -0.137. The van der Waals surface area contributed by atoms with E-state index in [1.165, 1.54) is 6.07 Å². The van der Waals surface area contributed by atoms with Crippen LogP contribution in [-0.4, -0.2) is 26.1 Å². The molecule has 0 radical (unpaired) electrons. The fourth-order valence-electron chi connectivity index (χ4n) is 1.63. The molecule has 1 aliphatic rings. The molecule has 1 fully saturated rings. The molecule has 1 aliphatic heterocycles. The van der Waals surface area contributed by atoms with Crippen LogP contribution in [0.5, 0.6) is 5.75 Å². The molecule has 7 heteroatoms. The Morgan fingerprint density at radius 2 is 1.95 bits per heavy atom. The molecule has 0 spiro atoms. The predicted octanol–water partition coefficient (Wildman–Crippen LogP) is 3.50. The summed E-state index contributed by atoms with van der Waals surface area (Å²) in [6, 6.07) is 2.99. The van der Waals surface area contributed by atoms with Gasteiger partial charge in [0.15, 0.2) is 6.29 Å². The first-order chi connectivity index (χ1) is 8.97. The van der Waals surface area contributed by atoms with E-state index < -0.39 is 11.7 Å². The summed E-state index contributed by atoms with van der Waals surface area (Å²) in [5, 5.41) is -0.0666. The van der Waals surface area contributed by atoms with E-state index in [2.05, 4.69) is 0 Å². The van der Waals surface area contributed by atoms with Crippen LogP contribution >= 0.6 is 11.6 Å². The Hall–Kier alpha value is -0.980. The van der Waals surface area contributed by atoms with Crippen molar-refractivity contribution in [2.75, 3.05) is 19.8 Å². The van der Waals surface area contributed by atoms with Crippen molar-refractivity contribution < 1.29 is 27.4 Å². The highest BCUT2D eigenvalue weighted by molar-refractivity contribution is 6.32. The van der Waals surface area contributed by atoms with Crippen LogP contribution in [0.1, 0.15) is 12.0 Å². The summed E-state index contributed by atoms with van der Waals surface area (Å²) < 4.78 is 53.0. The van der Waals surface area contributed by atoms with E-state index in [1.807, 2.05) is 0 Å². The van der Waals surface area contributed by atoms with Gasteiger partial charge in [0.1, 0.15) is 5.75 Å².